The van der Waals surface area contributed by atoms with E-state index in [2.05, 4.69) is 39.8 Å². The highest BCUT2D eigenvalue weighted by molar-refractivity contribution is 6.00. The number of aromatic nitrogens is 4. The Morgan fingerprint density at radius 3 is 2.50 bits per heavy atom. The Morgan fingerprint density at radius 2 is 1.91 bits per heavy atom. The van der Waals surface area contributed by atoms with Crippen LogP contribution >= 0.6 is 0 Å². The van der Waals surface area contributed by atoms with Gasteiger partial charge >= 0.3 is 0 Å². The normalized spacial score (nSPS) is 18.3. The van der Waals surface area contributed by atoms with Gasteiger partial charge in [-0.05, 0) is 68.2 Å². The van der Waals surface area contributed by atoms with Crippen LogP contribution in [-0.4, -0.2) is 37.8 Å². The van der Waals surface area contributed by atoms with Gasteiger partial charge in [0.15, 0.2) is 0 Å². The van der Waals surface area contributed by atoms with Gasteiger partial charge in [-0.25, -0.2) is 0 Å². The van der Waals surface area contributed by atoms with E-state index >= 15 is 0 Å². The van der Waals surface area contributed by atoms with Crippen LogP contribution in [0.1, 0.15) is 61.4 Å². The van der Waals surface area contributed by atoms with Crippen molar-refractivity contribution in [2.75, 3.05) is 5.32 Å². The van der Waals surface area contributed by atoms with Gasteiger partial charge in [-0.2, -0.15) is 10.2 Å². The van der Waals surface area contributed by atoms with Crippen molar-refractivity contribution in [1.29, 1.82) is 0 Å². The summed E-state index contributed by atoms with van der Waals surface area (Å²) in [5, 5.41) is 17.4. The summed E-state index contributed by atoms with van der Waals surface area (Å²) in [7, 11) is 1.72. The van der Waals surface area contributed by atoms with Gasteiger partial charge in [-0.1, -0.05) is 32.4 Å². The van der Waals surface area contributed by atoms with Crippen molar-refractivity contribution >= 4 is 17.5 Å². The van der Waals surface area contributed by atoms with Crippen molar-refractivity contribution in [3.05, 3.63) is 53.6 Å². The van der Waals surface area contributed by atoms with Gasteiger partial charge in [-0.3, -0.25) is 19.4 Å². The third kappa shape index (κ3) is 5.05. The number of hydrogen-bond donors (Lipinski definition) is 3. The molecule has 8 nitrogen and oxygen atoms in total. The minimum absolute atomic E-state index is 0.0661. The molecular weight excluding hydrogens is 428 g/mol. The first-order chi connectivity index (χ1) is 16.1. The molecule has 34 heavy (non-hydrogen) atoms. The minimum Gasteiger partial charge on any atom is -0.339 e. The number of carbonyl (C=O) groups is 2. The number of carbonyl (C=O) groups excluding carboxylic acids is 2. The fourth-order valence-corrected chi connectivity index (χ4v) is 5.17. The molecule has 180 valence electrons. The number of aromatic amines is 1. The highest BCUT2D eigenvalue weighted by Gasteiger charge is 2.37. The lowest BCUT2D eigenvalue weighted by atomic mass is 9.70. The van der Waals surface area contributed by atoms with Gasteiger partial charge < -0.3 is 10.6 Å². The quantitative estimate of drug-likeness (QED) is 0.505. The summed E-state index contributed by atoms with van der Waals surface area (Å²) in [5.41, 5.74) is 5.32. The molecule has 2 amide bonds. The first-order valence-corrected chi connectivity index (χ1v) is 11.9. The molecule has 2 heterocycles. The molecule has 1 aliphatic rings. The second kappa shape index (κ2) is 9.44. The van der Waals surface area contributed by atoms with Crippen LogP contribution in [-0.2, 0) is 11.8 Å². The number of rotatable bonds is 6. The molecule has 3 aromatic rings. The largest absolute Gasteiger partial charge is 0.339 e. The van der Waals surface area contributed by atoms with Crippen LogP contribution < -0.4 is 10.6 Å². The molecule has 0 aliphatic heterocycles. The molecule has 2 atom stereocenters. The van der Waals surface area contributed by atoms with Crippen molar-refractivity contribution in [2.45, 2.75) is 59.4 Å². The van der Waals surface area contributed by atoms with E-state index < -0.39 is 6.04 Å². The van der Waals surface area contributed by atoms with E-state index in [9.17, 15) is 9.59 Å². The summed E-state index contributed by atoms with van der Waals surface area (Å²) >= 11 is 0. The highest BCUT2D eigenvalue weighted by atomic mass is 16.2. The summed E-state index contributed by atoms with van der Waals surface area (Å²) in [6.07, 6.45) is 5.54. The van der Waals surface area contributed by atoms with Crippen LogP contribution in [0.4, 0.5) is 5.69 Å². The number of anilines is 1. The van der Waals surface area contributed by atoms with Gasteiger partial charge in [0.1, 0.15) is 11.7 Å². The number of nitrogens with one attached hydrogen (secondary N) is 3. The average molecular weight is 463 g/mol. The molecule has 0 radical (unpaired) electrons. The topological polar surface area (TPSA) is 105 Å². The number of nitrogens with zero attached hydrogens (tertiary/aromatic N) is 3. The third-order valence-corrected chi connectivity index (χ3v) is 6.91. The van der Waals surface area contributed by atoms with E-state index in [-0.39, 0.29) is 23.1 Å². The molecule has 1 aromatic carbocycles. The Morgan fingerprint density at radius 1 is 1.18 bits per heavy atom. The first-order valence-electron chi connectivity index (χ1n) is 11.9. The van der Waals surface area contributed by atoms with Gasteiger partial charge in [-0.15, -0.1) is 0 Å². The lowest BCUT2D eigenvalue weighted by molar-refractivity contribution is -0.119. The standard InChI is InChI=1S/C26H34N6O2/c1-16-22(17(2)31-30-16)18-8-10-20(11-9-18)28-25(34)23(19-7-6-13-26(3,4)15-19)29-24(33)21-12-14-27-32(21)5/h8-12,14,19,23H,6-7,13,15H2,1-5H3,(H,28,34)(H,29,33)(H,30,31). The van der Waals surface area contributed by atoms with E-state index in [4.69, 9.17) is 0 Å². The van der Waals surface area contributed by atoms with E-state index in [0.717, 1.165) is 48.2 Å². The highest BCUT2D eigenvalue weighted by Crippen LogP contribution is 2.40. The van der Waals surface area contributed by atoms with Crippen LogP contribution in [0, 0.1) is 25.2 Å². The molecule has 3 N–H and O–H groups in total. The zero-order chi connectivity index (χ0) is 24.5. The van der Waals surface area contributed by atoms with Gasteiger partial charge in [0.2, 0.25) is 5.91 Å². The predicted molar refractivity (Wildman–Crippen MR) is 132 cm³/mol. The van der Waals surface area contributed by atoms with Crippen molar-refractivity contribution in [2.24, 2.45) is 18.4 Å². The minimum atomic E-state index is -0.625. The van der Waals surface area contributed by atoms with Crippen LogP contribution in [0.3, 0.4) is 0 Å². The maximum absolute atomic E-state index is 13.5. The van der Waals surface area contributed by atoms with Crippen molar-refractivity contribution < 1.29 is 9.59 Å². The number of hydrogen-bond acceptors (Lipinski definition) is 4. The average Bonchev–Trinajstić information content (AvgIpc) is 3.36. The Kier molecular flexibility index (Phi) is 6.59. The zero-order valence-electron chi connectivity index (χ0n) is 20.6. The Bertz CT molecular complexity index is 1150. The Labute approximate surface area is 200 Å². The fraction of sp³-hybridized carbons (Fsp3) is 0.462. The predicted octanol–water partition coefficient (Wildman–Crippen LogP) is 4.38. The summed E-state index contributed by atoms with van der Waals surface area (Å²) in [4.78, 5) is 26.4. The van der Waals surface area contributed by atoms with Crippen LogP contribution in [0.2, 0.25) is 0 Å². The second-order valence-corrected chi connectivity index (χ2v) is 10.2. The summed E-state index contributed by atoms with van der Waals surface area (Å²) in [6, 6.07) is 8.78. The number of amides is 2. The molecule has 1 fully saturated rings. The maximum atomic E-state index is 13.5. The van der Waals surface area contributed by atoms with Gasteiger partial charge in [0, 0.05) is 30.2 Å². The Balaban J connectivity index is 1.54. The fourth-order valence-electron chi connectivity index (χ4n) is 5.17. The molecule has 0 spiro atoms. The Hall–Kier alpha value is -3.42. The second-order valence-electron chi connectivity index (χ2n) is 10.2. The van der Waals surface area contributed by atoms with E-state index in [1.54, 1.807) is 19.3 Å². The third-order valence-electron chi connectivity index (χ3n) is 6.91. The smallest absolute Gasteiger partial charge is 0.270 e. The molecule has 2 aromatic heterocycles. The maximum Gasteiger partial charge on any atom is 0.270 e. The molecule has 8 heteroatoms. The lowest BCUT2D eigenvalue weighted by Crippen LogP contribution is -2.50. The summed E-state index contributed by atoms with van der Waals surface area (Å²) in [6.45, 7) is 8.42. The molecule has 2 unspecified atom stereocenters. The summed E-state index contributed by atoms with van der Waals surface area (Å²) in [5.74, 6) is -0.414. The van der Waals surface area contributed by atoms with Crippen LogP contribution in [0.25, 0.3) is 11.1 Å². The molecule has 0 saturated heterocycles. The molecule has 4 rings (SSSR count). The van der Waals surface area contributed by atoms with Gasteiger partial charge in [0.25, 0.3) is 5.91 Å². The van der Waals surface area contributed by atoms with E-state index in [0.29, 0.717) is 11.4 Å². The molecule has 1 aliphatic carbocycles. The number of aryl methyl sites for hydroxylation is 3. The molecule has 1 saturated carbocycles. The lowest BCUT2D eigenvalue weighted by Gasteiger charge is -2.38. The zero-order valence-corrected chi connectivity index (χ0v) is 20.6. The van der Waals surface area contributed by atoms with E-state index in [1.165, 1.54) is 4.68 Å². The van der Waals surface area contributed by atoms with E-state index in [1.807, 2.05) is 38.1 Å². The number of benzene rings is 1. The van der Waals surface area contributed by atoms with Crippen molar-refractivity contribution in [1.82, 2.24) is 25.3 Å². The van der Waals surface area contributed by atoms with Crippen LogP contribution in [0.15, 0.2) is 36.5 Å². The van der Waals surface area contributed by atoms with Crippen LogP contribution in [0.5, 0.6) is 0 Å². The van der Waals surface area contributed by atoms with Crippen molar-refractivity contribution in [3.63, 3.8) is 0 Å². The SMILES string of the molecule is Cc1n[nH]c(C)c1-c1ccc(NC(=O)C(NC(=O)c2ccnn2C)C2CCCC(C)(C)C2)cc1. The van der Waals surface area contributed by atoms with Gasteiger partial charge in [0.05, 0.1) is 5.69 Å². The molecular formula is C26H34N6O2. The summed E-state index contributed by atoms with van der Waals surface area (Å²) < 4.78 is 1.52. The monoisotopic (exact) mass is 462 g/mol. The number of H-pyrrole nitrogens is 1. The molecule has 0 bridgehead atoms. The van der Waals surface area contributed by atoms with Crippen molar-refractivity contribution in [3.8, 4) is 11.1 Å². The first kappa shape index (κ1) is 23.7.